The number of hydrogen-bond donors (Lipinski definition) is 1. The average molecular weight is 429 g/mol. The zero-order chi connectivity index (χ0) is 21.4. The van der Waals surface area contributed by atoms with Gasteiger partial charge in [0.15, 0.2) is 0 Å². The topological polar surface area (TPSA) is 66.5 Å². The SMILES string of the molecule is C[C@H](CNC(=O)[C@H]1CCCN(S(=O)(=O)CCCc2ccccc2)C1)c1ccccc1. The normalized spacial score (nSPS) is 18.6. The molecular weight excluding hydrogens is 396 g/mol. The molecule has 1 heterocycles. The molecule has 6 heteroatoms. The molecule has 0 aliphatic carbocycles. The van der Waals surface area contributed by atoms with Crippen LogP contribution in [0, 0.1) is 5.92 Å². The molecule has 2 aromatic rings. The van der Waals surface area contributed by atoms with Crippen LogP contribution in [-0.2, 0) is 21.2 Å². The Morgan fingerprint density at radius 3 is 2.47 bits per heavy atom. The largest absolute Gasteiger partial charge is 0.355 e. The first-order valence-electron chi connectivity index (χ1n) is 10.8. The maximum atomic E-state index is 12.8. The van der Waals surface area contributed by atoms with E-state index in [1.165, 1.54) is 9.87 Å². The highest BCUT2D eigenvalue weighted by molar-refractivity contribution is 7.89. The Bertz CT molecular complexity index is 901. The zero-order valence-electron chi connectivity index (χ0n) is 17.7. The Morgan fingerprint density at radius 2 is 1.77 bits per heavy atom. The molecule has 0 unspecified atom stereocenters. The van der Waals surface area contributed by atoms with E-state index >= 15 is 0 Å². The number of amides is 1. The van der Waals surface area contributed by atoms with E-state index in [0.29, 0.717) is 26.1 Å². The van der Waals surface area contributed by atoms with Crippen molar-refractivity contribution in [3.63, 3.8) is 0 Å². The van der Waals surface area contributed by atoms with Crippen molar-refractivity contribution in [1.29, 1.82) is 0 Å². The molecule has 2 aromatic carbocycles. The van der Waals surface area contributed by atoms with Crippen molar-refractivity contribution in [2.24, 2.45) is 5.92 Å². The lowest BCUT2D eigenvalue weighted by Gasteiger charge is -2.31. The molecular formula is C24H32N2O3S. The summed E-state index contributed by atoms with van der Waals surface area (Å²) in [4.78, 5) is 12.7. The van der Waals surface area contributed by atoms with Gasteiger partial charge in [-0.25, -0.2) is 12.7 Å². The Hall–Kier alpha value is -2.18. The van der Waals surface area contributed by atoms with Crippen LogP contribution in [0.4, 0.5) is 0 Å². The molecule has 0 spiro atoms. The first kappa shape index (κ1) is 22.5. The fraction of sp³-hybridized carbons (Fsp3) is 0.458. The van der Waals surface area contributed by atoms with Crippen molar-refractivity contribution < 1.29 is 13.2 Å². The molecule has 0 radical (unpaired) electrons. The molecule has 1 aliphatic heterocycles. The monoisotopic (exact) mass is 428 g/mol. The standard InChI is InChI=1S/C24H32N2O3S/c1-20(22-13-6-3-7-14-22)18-25-24(27)23-15-8-16-26(19-23)30(28,29)17-9-12-21-10-4-2-5-11-21/h2-7,10-11,13-14,20,23H,8-9,12,15-19H2,1H3,(H,25,27)/t20-,23+/m1/s1. The van der Waals surface area contributed by atoms with Crippen LogP contribution in [0.15, 0.2) is 60.7 Å². The summed E-state index contributed by atoms with van der Waals surface area (Å²) in [5, 5.41) is 3.03. The summed E-state index contributed by atoms with van der Waals surface area (Å²) in [6, 6.07) is 20.0. The lowest BCUT2D eigenvalue weighted by atomic mass is 9.97. The third kappa shape index (κ3) is 6.41. The number of benzene rings is 2. The Morgan fingerprint density at radius 1 is 1.10 bits per heavy atom. The smallest absolute Gasteiger partial charge is 0.224 e. The van der Waals surface area contributed by atoms with E-state index in [-0.39, 0.29) is 23.5 Å². The van der Waals surface area contributed by atoms with Crippen molar-refractivity contribution in [2.75, 3.05) is 25.4 Å². The summed E-state index contributed by atoms with van der Waals surface area (Å²) >= 11 is 0. The zero-order valence-corrected chi connectivity index (χ0v) is 18.5. The van der Waals surface area contributed by atoms with E-state index in [0.717, 1.165) is 24.8 Å². The average Bonchev–Trinajstić information content (AvgIpc) is 2.78. The Balaban J connectivity index is 1.48. The number of carbonyl (C=O) groups excluding carboxylic acids is 1. The molecule has 1 saturated heterocycles. The van der Waals surface area contributed by atoms with E-state index in [4.69, 9.17) is 0 Å². The number of sulfonamides is 1. The molecule has 30 heavy (non-hydrogen) atoms. The van der Waals surface area contributed by atoms with Gasteiger partial charge < -0.3 is 5.32 Å². The molecule has 1 fully saturated rings. The van der Waals surface area contributed by atoms with Crippen LogP contribution in [0.5, 0.6) is 0 Å². The van der Waals surface area contributed by atoms with Gasteiger partial charge in [-0.05, 0) is 42.7 Å². The lowest BCUT2D eigenvalue weighted by Crippen LogP contribution is -2.46. The van der Waals surface area contributed by atoms with Crippen molar-refractivity contribution >= 4 is 15.9 Å². The van der Waals surface area contributed by atoms with Gasteiger partial charge in [-0.3, -0.25) is 4.79 Å². The molecule has 5 nitrogen and oxygen atoms in total. The van der Waals surface area contributed by atoms with Gasteiger partial charge in [-0.2, -0.15) is 0 Å². The number of piperidine rings is 1. The second-order valence-electron chi connectivity index (χ2n) is 8.16. The minimum Gasteiger partial charge on any atom is -0.355 e. The number of hydrogen-bond acceptors (Lipinski definition) is 3. The molecule has 0 aromatic heterocycles. The number of aryl methyl sites for hydroxylation is 1. The summed E-state index contributed by atoms with van der Waals surface area (Å²) < 4.78 is 27.1. The van der Waals surface area contributed by atoms with Crippen LogP contribution in [0.2, 0.25) is 0 Å². The maximum absolute atomic E-state index is 12.8. The van der Waals surface area contributed by atoms with Crippen molar-refractivity contribution in [1.82, 2.24) is 9.62 Å². The number of nitrogens with zero attached hydrogens (tertiary/aromatic N) is 1. The summed E-state index contributed by atoms with van der Waals surface area (Å²) in [7, 11) is -3.34. The minimum atomic E-state index is -3.34. The molecule has 1 aliphatic rings. The Kier molecular flexibility index (Phi) is 8.05. The highest BCUT2D eigenvalue weighted by atomic mass is 32.2. The Labute approximate surface area is 180 Å². The molecule has 3 rings (SSSR count). The van der Waals surface area contributed by atoms with Crippen molar-refractivity contribution in [2.45, 2.75) is 38.5 Å². The third-order valence-electron chi connectivity index (χ3n) is 5.81. The summed E-state index contributed by atoms with van der Waals surface area (Å²) in [6.07, 6.45) is 2.80. The van der Waals surface area contributed by atoms with Crippen molar-refractivity contribution in [3.05, 3.63) is 71.8 Å². The number of nitrogens with one attached hydrogen (secondary N) is 1. The highest BCUT2D eigenvalue weighted by Gasteiger charge is 2.32. The van der Waals surface area contributed by atoms with E-state index in [1.807, 2.05) is 48.5 Å². The third-order valence-corrected chi connectivity index (χ3v) is 7.73. The molecule has 0 saturated carbocycles. The van der Waals surface area contributed by atoms with Gasteiger partial charge in [0.25, 0.3) is 0 Å². The van der Waals surface area contributed by atoms with Crippen LogP contribution >= 0.6 is 0 Å². The maximum Gasteiger partial charge on any atom is 0.224 e. The molecule has 2 atom stereocenters. The lowest BCUT2D eigenvalue weighted by molar-refractivity contribution is -0.126. The van der Waals surface area contributed by atoms with E-state index in [2.05, 4.69) is 24.4 Å². The van der Waals surface area contributed by atoms with Gasteiger partial charge in [0.05, 0.1) is 11.7 Å². The summed E-state index contributed by atoms with van der Waals surface area (Å²) in [5.41, 5.74) is 2.33. The van der Waals surface area contributed by atoms with Crippen LogP contribution in [0.1, 0.15) is 43.2 Å². The van der Waals surface area contributed by atoms with Gasteiger partial charge in [0.1, 0.15) is 0 Å². The molecule has 0 bridgehead atoms. The first-order chi connectivity index (χ1) is 14.5. The summed E-state index contributed by atoms with van der Waals surface area (Å²) in [6.45, 7) is 3.44. The van der Waals surface area contributed by atoms with E-state index < -0.39 is 10.0 Å². The predicted molar refractivity (Wildman–Crippen MR) is 121 cm³/mol. The number of carbonyl (C=O) groups is 1. The predicted octanol–water partition coefficient (Wildman–Crippen LogP) is 3.58. The van der Waals surface area contributed by atoms with Crippen molar-refractivity contribution in [3.8, 4) is 0 Å². The molecule has 1 amide bonds. The first-order valence-corrected chi connectivity index (χ1v) is 12.4. The second-order valence-corrected chi connectivity index (χ2v) is 10.2. The van der Waals surface area contributed by atoms with Gasteiger partial charge in [-0.1, -0.05) is 67.6 Å². The fourth-order valence-corrected chi connectivity index (χ4v) is 5.52. The van der Waals surface area contributed by atoms with Crippen LogP contribution in [0.3, 0.4) is 0 Å². The highest BCUT2D eigenvalue weighted by Crippen LogP contribution is 2.21. The van der Waals surface area contributed by atoms with Crippen LogP contribution < -0.4 is 5.32 Å². The van der Waals surface area contributed by atoms with Gasteiger partial charge in [-0.15, -0.1) is 0 Å². The van der Waals surface area contributed by atoms with E-state index in [9.17, 15) is 13.2 Å². The molecule has 162 valence electrons. The van der Waals surface area contributed by atoms with E-state index in [1.54, 1.807) is 0 Å². The van der Waals surface area contributed by atoms with Crippen LogP contribution in [0.25, 0.3) is 0 Å². The van der Waals surface area contributed by atoms with Gasteiger partial charge >= 0.3 is 0 Å². The van der Waals surface area contributed by atoms with Crippen LogP contribution in [-0.4, -0.2) is 44.0 Å². The minimum absolute atomic E-state index is 0.0398. The quantitative estimate of drug-likeness (QED) is 0.664. The molecule has 1 N–H and O–H groups in total. The number of rotatable bonds is 9. The second kappa shape index (κ2) is 10.7. The summed E-state index contributed by atoms with van der Waals surface area (Å²) in [5.74, 6) is 0.0329. The van der Waals surface area contributed by atoms with Gasteiger partial charge in [0.2, 0.25) is 15.9 Å². The fourth-order valence-electron chi connectivity index (χ4n) is 3.94. The van der Waals surface area contributed by atoms with Gasteiger partial charge in [0, 0.05) is 19.6 Å².